The number of carbonyl (C=O) groups is 2. The van der Waals surface area contributed by atoms with Gasteiger partial charge in [-0.3, -0.25) is 9.59 Å². The van der Waals surface area contributed by atoms with Crippen LogP contribution in [-0.4, -0.2) is 24.9 Å². The molecule has 1 aliphatic rings. The number of carbonyl (C=O) groups excluding carboxylic acids is 2. The largest absolute Gasteiger partial charge is 0.372 e. The maximum atomic E-state index is 13.6. The van der Waals surface area contributed by atoms with E-state index in [2.05, 4.69) is 24.1 Å². The van der Waals surface area contributed by atoms with E-state index in [0.29, 0.717) is 22.5 Å². The highest BCUT2D eigenvalue weighted by atomic mass is 16.2. The molecule has 0 saturated heterocycles. The monoisotopic (exact) mass is 439 g/mol. The molecule has 0 saturated carbocycles. The van der Waals surface area contributed by atoms with Crippen LogP contribution in [0.1, 0.15) is 30.5 Å². The molecule has 3 aromatic rings. The van der Waals surface area contributed by atoms with Crippen molar-refractivity contribution in [2.24, 2.45) is 0 Å². The van der Waals surface area contributed by atoms with Crippen LogP contribution in [0.4, 0.5) is 17.1 Å². The first-order valence-corrected chi connectivity index (χ1v) is 11.3. The molecule has 5 heteroatoms. The molecule has 168 valence electrons. The average molecular weight is 440 g/mol. The Labute approximate surface area is 195 Å². The molecular formula is C28H29N3O2. The normalized spacial score (nSPS) is 13.6. The first-order chi connectivity index (χ1) is 15.9. The number of amides is 2. The van der Waals surface area contributed by atoms with E-state index in [0.717, 1.165) is 35.6 Å². The summed E-state index contributed by atoms with van der Waals surface area (Å²) < 4.78 is 0. The summed E-state index contributed by atoms with van der Waals surface area (Å²) in [6.07, 6.45) is 0. The molecule has 0 fully saturated rings. The zero-order chi connectivity index (χ0) is 23.5. The van der Waals surface area contributed by atoms with Crippen molar-refractivity contribution in [3.63, 3.8) is 0 Å². The summed E-state index contributed by atoms with van der Waals surface area (Å²) in [6, 6.07) is 23.1. The van der Waals surface area contributed by atoms with Crippen molar-refractivity contribution in [2.45, 2.75) is 27.7 Å². The topological polar surface area (TPSA) is 52.7 Å². The van der Waals surface area contributed by atoms with Gasteiger partial charge in [0.2, 0.25) is 0 Å². The van der Waals surface area contributed by atoms with Gasteiger partial charge in [-0.25, -0.2) is 4.90 Å². The predicted molar refractivity (Wildman–Crippen MR) is 135 cm³/mol. The van der Waals surface area contributed by atoms with E-state index in [1.165, 1.54) is 4.90 Å². The van der Waals surface area contributed by atoms with Crippen molar-refractivity contribution in [3.05, 3.63) is 95.2 Å². The first-order valence-electron chi connectivity index (χ1n) is 11.3. The molecule has 2 amide bonds. The third-order valence-corrected chi connectivity index (χ3v) is 6.02. The molecule has 0 aliphatic carbocycles. The van der Waals surface area contributed by atoms with Gasteiger partial charge in [0, 0.05) is 24.5 Å². The highest BCUT2D eigenvalue weighted by Gasteiger charge is 2.40. The van der Waals surface area contributed by atoms with Gasteiger partial charge in [-0.1, -0.05) is 42.5 Å². The van der Waals surface area contributed by atoms with E-state index < -0.39 is 0 Å². The second-order valence-electron chi connectivity index (χ2n) is 8.20. The van der Waals surface area contributed by atoms with Crippen LogP contribution < -0.4 is 15.1 Å². The van der Waals surface area contributed by atoms with Crippen LogP contribution in [0, 0.1) is 13.8 Å². The summed E-state index contributed by atoms with van der Waals surface area (Å²) in [4.78, 5) is 30.8. The molecule has 1 heterocycles. The Hall–Kier alpha value is -3.86. The van der Waals surface area contributed by atoms with E-state index in [1.807, 2.05) is 86.6 Å². The number of benzene rings is 3. The summed E-state index contributed by atoms with van der Waals surface area (Å²) in [5.74, 6) is -0.664. The Morgan fingerprint density at radius 3 is 2.12 bits per heavy atom. The summed E-state index contributed by atoms with van der Waals surface area (Å²) >= 11 is 0. The lowest BCUT2D eigenvalue weighted by molar-refractivity contribution is -0.120. The van der Waals surface area contributed by atoms with E-state index in [9.17, 15) is 9.59 Å². The number of imide groups is 1. The van der Waals surface area contributed by atoms with Gasteiger partial charge < -0.3 is 10.2 Å². The quantitative estimate of drug-likeness (QED) is 0.491. The number of nitrogens with zero attached hydrogens (tertiary/aromatic N) is 2. The fourth-order valence-corrected chi connectivity index (χ4v) is 4.19. The average Bonchev–Trinajstić information content (AvgIpc) is 3.07. The van der Waals surface area contributed by atoms with Crippen LogP contribution in [0.3, 0.4) is 0 Å². The Morgan fingerprint density at radius 2 is 1.48 bits per heavy atom. The maximum Gasteiger partial charge on any atom is 0.282 e. The van der Waals surface area contributed by atoms with Crippen LogP contribution in [0.15, 0.2) is 78.5 Å². The molecule has 1 aliphatic heterocycles. The molecule has 0 unspecified atom stereocenters. The standard InChI is InChI=1S/C28H29N3O2/c1-5-30(6-2)23-16-14-22(15-17-23)29-26-25(21-10-8-7-9-11-21)27(32)31(28(26)33)24-18-19(3)12-13-20(24)4/h7-18,29H,5-6H2,1-4H3. The Balaban J connectivity index is 1.75. The Morgan fingerprint density at radius 1 is 0.818 bits per heavy atom. The first kappa shape index (κ1) is 22.3. The van der Waals surface area contributed by atoms with Gasteiger partial charge in [-0.15, -0.1) is 0 Å². The van der Waals surface area contributed by atoms with Crippen molar-refractivity contribution >= 4 is 34.4 Å². The zero-order valence-corrected chi connectivity index (χ0v) is 19.6. The van der Waals surface area contributed by atoms with Crippen LogP contribution in [0.2, 0.25) is 0 Å². The van der Waals surface area contributed by atoms with Gasteiger partial charge >= 0.3 is 0 Å². The van der Waals surface area contributed by atoms with Crippen LogP contribution >= 0.6 is 0 Å². The van der Waals surface area contributed by atoms with Gasteiger partial charge in [0.15, 0.2) is 0 Å². The predicted octanol–water partition coefficient (Wildman–Crippen LogP) is 5.55. The maximum absolute atomic E-state index is 13.6. The van der Waals surface area contributed by atoms with Crippen molar-refractivity contribution < 1.29 is 9.59 Å². The molecule has 33 heavy (non-hydrogen) atoms. The fourth-order valence-electron chi connectivity index (χ4n) is 4.19. The van der Waals surface area contributed by atoms with Crippen molar-refractivity contribution in [1.82, 2.24) is 0 Å². The lowest BCUT2D eigenvalue weighted by Gasteiger charge is -2.21. The summed E-state index contributed by atoms with van der Waals surface area (Å²) in [5.41, 5.74) is 5.76. The van der Waals surface area contributed by atoms with Gasteiger partial charge in [-0.05, 0) is 74.7 Å². The summed E-state index contributed by atoms with van der Waals surface area (Å²) in [6.45, 7) is 9.95. The lowest BCUT2D eigenvalue weighted by atomic mass is 10.0. The molecule has 0 spiro atoms. The molecule has 0 radical (unpaired) electrons. The molecule has 4 rings (SSSR count). The number of hydrogen-bond donors (Lipinski definition) is 1. The molecule has 0 atom stereocenters. The van der Waals surface area contributed by atoms with Crippen LogP contribution in [-0.2, 0) is 9.59 Å². The van der Waals surface area contributed by atoms with Crippen molar-refractivity contribution in [2.75, 3.05) is 28.2 Å². The highest BCUT2D eigenvalue weighted by Crippen LogP contribution is 2.35. The minimum Gasteiger partial charge on any atom is -0.372 e. The van der Waals surface area contributed by atoms with E-state index in [-0.39, 0.29) is 11.8 Å². The summed E-state index contributed by atoms with van der Waals surface area (Å²) in [5, 5.41) is 3.25. The fraction of sp³-hybridized carbons (Fsp3) is 0.214. The smallest absolute Gasteiger partial charge is 0.282 e. The van der Waals surface area contributed by atoms with E-state index in [1.54, 1.807) is 0 Å². The van der Waals surface area contributed by atoms with Gasteiger partial charge in [0.1, 0.15) is 5.70 Å². The third kappa shape index (κ3) is 4.27. The SMILES string of the molecule is CCN(CC)c1ccc(NC2=C(c3ccccc3)C(=O)N(c3cc(C)ccc3C)C2=O)cc1. The number of aryl methyl sites for hydroxylation is 2. The van der Waals surface area contributed by atoms with Crippen LogP contribution in [0.25, 0.3) is 5.57 Å². The molecule has 3 aromatic carbocycles. The van der Waals surface area contributed by atoms with Crippen molar-refractivity contribution in [1.29, 1.82) is 0 Å². The number of rotatable bonds is 7. The number of nitrogens with one attached hydrogen (secondary N) is 1. The Bertz CT molecular complexity index is 1210. The number of anilines is 3. The molecule has 5 nitrogen and oxygen atoms in total. The van der Waals surface area contributed by atoms with E-state index in [4.69, 9.17) is 0 Å². The number of hydrogen-bond acceptors (Lipinski definition) is 4. The third-order valence-electron chi connectivity index (χ3n) is 6.02. The van der Waals surface area contributed by atoms with Gasteiger partial charge in [0.05, 0.1) is 11.3 Å². The van der Waals surface area contributed by atoms with E-state index >= 15 is 0 Å². The second kappa shape index (κ2) is 9.33. The van der Waals surface area contributed by atoms with Crippen molar-refractivity contribution in [3.8, 4) is 0 Å². The zero-order valence-electron chi connectivity index (χ0n) is 19.6. The molecule has 0 aromatic heterocycles. The molecule has 0 bridgehead atoms. The lowest BCUT2D eigenvalue weighted by Crippen LogP contribution is -2.33. The minimum absolute atomic E-state index is 0.294. The summed E-state index contributed by atoms with van der Waals surface area (Å²) in [7, 11) is 0. The van der Waals surface area contributed by atoms with Gasteiger partial charge in [-0.2, -0.15) is 0 Å². The van der Waals surface area contributed by atoms with Gasteiger partial charge in [0.25, 0.3) is 11.8 Å². The molecule has 1 N–H and O–H groups in total. The molecular weight excluding hydrogens is 410 g/mol. The Kier molecular flexibility index (Phi) is 6.31. The second-order valence-corrected chi connectivity index (χ2v) is 8.20. The minimum atomic E-state index is -0.347. The highest BCUT2D eigenvalue weighted by molar-refractivity contribution is 6.46. The van der Waals surface area contributed by atoms with Crippen LogP contribution in [0.5, 0.6) is 0 Å².